The van der Waals surface area contributed by atoms with E-state index in [2.05, 4.69) is 19.1 Å². The molecule has 2 fully saturated rings. The first-order chi connectivity index (χ1) is 12.8. The second-order valence-corrected chi connectivity index (χ2v) is 8.61. The molecule has 6 atom stereocenters. The first-order valence-corrected chi connectivity index (χ1v) is 9.94. The van der Waals surface area contributed by atoms with Gasteiger partial charge in [0.15, 0.2) is 5.78 Å². The average Bonchev–Trinajstić information content (AvgIpc) is 2.85. The fourth-order valence-electron chi connectivity index (χ4n) is 5.35. The van der Waals surface area contributed by atoms with Crippen LogP contribution in [0.5, 0.6) is 0 Å². The lowest BCUT2D eigenvalue weighted by Gasteiger charge is -2.50. The van der Waals surface area contributed by atoms with Crippen LogP contribution in [0.25, 0.3) is 0 Å². The molecule has 3 rings (SSSR count). The number of carbonyl (C=O) groups excluding carboxylic acids is 2. The third kappa shape index (κ3) is 2.96. The van der Waals surface area contributed by atoms with Gasteiger partial charge in [-0.3, -0.25) is 9.59 Å². The van der Waals surface area contributed by atoms with Crippen molar-refractivity contribution in [3.05, 3.63) is 35.6 Å². The Hall–Kier alpha value is -1.88. The summed E-state index contributed by atoms with van der Waals surface area (Å²) in [5.41, 5.74) is -0.848. The Morgan fingerprint density at radius 3 is 2.63 bits per heavy atom. The van der Waals surface area contributed by atoms with Crippen LogP contribution in [0, 0.1) is 29.1 Å². The highest BCUT2D eigenvalue weighted by Crippen LogP contribution is 2.56. The van der Waals surface area contributed by atoms with Gasteiger partial charge in [0.05, 0.1) is 6.61 Å². The van der Waals surface area contributed by atoms with Gasteiger partial charge in [0.1, 0.15) is 17.4 Å². The Bertz CT molecular complexity index is 722. The molecule has 0 spiro atoms. The van der Waals surface area contributed by atoms with E-state index >= 15 is 0 Å². The maximum Gasteiger partial charge on any atom is 0.261 e. The number of likely N-dealkylation sites (N-methyl/N-ethyl adjacent to an activating group) is 1. The number of hydrogen-bond acceptors (Lipinski definition) is 4. The average molecular weight is 373 g/mol. The van der Waals surface area contributed by atoms with Crippen LogP contribution in [0.2, 0.25) is 0 Å². The highest BCUT2D eigenvalue weighted by molar-refractivity contribution is 6.26. The van der Waals surface area contributed by atoms with Crippen molar-refractivity contribution in [3.63, 3.8) is 0 Å². The highest BCUT2D eigenvalue weighted by atomic mass is 16.3. The van der Waals surface area contributed by atoms with E-state index in [0.29, 0.717) is 11.8 Å². The first kappa shape index (κ1) is 19.9. The molecule has 0 unspecified atom stereocenters. The zero-order chi connectivity index (χ0) is 19.9. The van der Waals surface area contributed by atoms with Gasteiger partial charge < -0.3 is 15.1 Å². The molecule has 3 aliphatic rings. The second kappa shape index (κ2) is 7.27. The molecule has 5 heteroatoms. The predicted octanol–water partition coefficient (Wildman–Crippen LogP) is 3.02. The molecule has 2 aliphatic carbocycles. The van der Waals surface area contributed by atoms with E-state index in [1.807, 2.05) is 26.0 Å². The van der Waals surface area contributed by atoms with Crippen LogP contribution >= 0.6 is 0 Å². The number of fused-ring (bicyclic) bond motifs is 1. The Morgan fingerprint density at radius 1 is 1.33 bits per heavy atom. The van der Waals surface area contributed by atoms with Gasteiger partial charge in [-0.25, -0.2) is 0 Å². The van der Waals surface area contributed by atoms with E-state index in [-0.39, 0.29) is 23.2 Å². The van der Waals surface area contributed by atoms with Crippen molar-refractivity contribution >= 4 is 11.7 Å². The Labute approximate surface area is 161 Å². The summed E-state index contributed by atoms with van der Waals surface area (Å²) < 4.78 is 0. The van der Waals surface area contributed by atoms with Crippen molar-refractivity contribution in [2.75, 3.05) is 13.7 Å². The molecular weight excluding hydrogens is 342 g/mol. The number of rotatable bonds is 3. The monoisotopic (exact) mass is 373 g/mol. The quantitative estimate of drug-likeness (QED) is 0.345. The van der Waals surface area contributed by atoms with Gasteiger partial charge in [-0.2, -0.15) is 0 Å². The number of carbonyl (C=O) groups is 2. The molecule has 1 heterocycles. The second-order valence-electron chi connectivity index (χ2n) is 8.61. The van der Waals surface area contributed by atoms with E-state index in [0.717, 1.165) is 19.3 Å². The Kier molecular flexibility index (Phi) is 5.35. The van der Waals surface area contributed by atoms with Crippen molar-refractivity contribution in [1.82, 2.24) is 4.90 Å². The summed E-state index contributed by atoms with van der Waals surface area (Å²) in [5, 5.41) is 20.9. The Morgan fingerprint density at radius 2 is 2.04 bits per heavy atom. The van der Waals surface area contributed by atoms with Crippen LogP contribution in [0.4, 0.5) is 0 Å². The van der Waals surface area contributed by atoms with Crippen LogP contribution in [-0.2, 0) is 9.59 Å². The lowest BCUT2D eigenvalue weighted by molar-refractivity contribution is -0.126. The number of ketones is 1. The van der Waals surface area contributed by atoms with Crippen LogP contribution in [-0.4, -0.2) is 46.5 Å². The summed E-state index contributed by atoms with van der Waals surface area (Å²) in [6.45, 7) is 5.75. The molecular formula is C22H31NO4. The molecule has 1 saturated carbocycles. The molecule has 27 heavy (non-hydrogen) atoms. The number of allylic oxidation sites excluding steroid dienone is 5. The topological polar surface area (TPSA) is 77.8 Å². The minimum Gasteiger partial charge on any atom is -0.511 e. The SMILES string of the molecule is C/C=C/[C@H]1C=C[C@H]2C[C@@H](C)CC[C@@H]2[C@@]1(C)/C(O)=C1\C(=O)[C@H](CO)N(C)C1=O. The largest absolute Gasteiger partial charge is 0.511 e. The molecule has 0 aromatic carbocycles. The molecule has 5 nitrogen and oxygen atoms in total. The fraction of sp³-hybridized carbons (Fsp3) is 0.636. The molecule has 0 aromatic heterocycles. The van der Waals surface area contributed by atoms with Crippen molar-refractivity contribution in [2.24, 2.45) is 29.1 Å². The number of aliphatic hydroxyl groups excluding tert-OH is 2. The zero-order valence-corrected chi connectivity index (χ0v) is 16.7. The summed E-state index contributed by atoms with van der Waals surface area (Å²) in [6, 6.07) is -0.903. The minimum absolute atomic E-state index is 0.0799. The minimum atomic E-state index is -0.903. The summed E-state index contributed by atoms with van der Waals surface area (Å²) in [5.74, 6) is -0.00752. The van der Waals surface area contributed by atoms with E-state index in [9.17, 15) is 19.8 Å². The Balaban J connectivity index is 2.14. The number of nitrogens with zero attached hydrogens (tertiary/aromatic N) is 1. The third-order valence-electron chi connectivity index (χ3n) is 7.06. The number of hydrogen-bond donors (Lipinski definition) is 2. The summed E-state index contributed by atoms with van der Waals surface area (Å²) in [6.07, 6.45) is 11.5. The standard InChI is InChI=1S/C22H31NO4/c1-5-6-15-9-8-14-11-13(2)7-10-16(14)22(15,3)20(26)18-19(25)17(12-24)23(4)21(18)27/h5-6,8-9,13-17,24,26H,7,10-12H2,1-4H3/b6-5+,20-18-/t13-,14-,15-,16-,17-,22-/m0/s1. The van der Waals surface area contributed by atoms with E-state index in [4.69, 9.17) is 0 Å². The summed E-state index contributed by atoms with van der Waals surface area (Å²) in [7, 11) is 1.50. The molecule has 148 valence electrons. The van der Waals surface area contributed by atoms with Crippen LogP contribution < -0.4 is 0 Å². The van der Waals surface area contributed by atoms with Gasteiger partial charge in [0.2, 0.25) is 0 Å². The third-order valence-corrected chi connectivity index (χ3v) is 7.06. The van der Waals surface area contributed by atoms with Gasteiger partial charge in [0, 0.05) is 18.4 Å². The van der Waals surface area contributed by atoms with Gasteiger partial charge in [-0.05, 0) is 37.5 Å². The van der Waals surface area contributed by atoms with Gasteiger partial charge in [0.25, 0.3) is 5.91 Å². The van der Waals surface area contributed by atoms with Gasteiger partial charge in [-0.15, -0.1) is 0 Å². The van der Waals surface area contributed by atoms with Crippen molar-refractivity contribution in [1.29, 1.82) is 0 Å². The molecule has 0 radical (unpaired) electrons. The summed E-state index contributed by atoms with van der Waals surface area (Å²) in [4.78, 5) is 26.7. The normalized spacial score (nSPS) is 41.4. The van der Waals surface area contributed by atoms with Crippen LogP contribution in [0.1, 0.15) is 40.0 Å². The molecule has 2 N–H and O–H groups in total. The van der Waals surface area contributed by atoms with E-state index < -0.39 is 29.8 Å². The lowest BCUT2D eigenvalue weighted by atomic mass is 9.54. The van der Waals surface area contributed by atoms with Crippen molar-refractivity contribution in [2.45, 2.75) is 46.1 Å². The molecule has 1 amide bonds. The van der Waals surface area contributed by atoms with Crippen LogP contribution in [0.3, 0.4) is 0 Å². The molecule has 1 saturated heterocycles. The van der Waals surface area contributed by atoms with Crippen molar-refractivity contribution < 1.29 is 19.8 Å². The number of amides is 1. The predicted molar refractivity (Wildman–Crippen MR) is 104 cm³/mol. The molecule has 0 bridgehead atoms. The maximum absolute atomic E-state index is 12.8. The van der Waals surface area contributed by atoms with Crippen molar-refractivity contribution in [3.8, 4) is 0 Å². The van der Waals surface area contributed by atoms with Gasteiger partial charge >= 0.3 is 0 Å². The molecule has 0 aromatic rings. The summed E-state index contributed by atoms with van der Waals surface area (Å²) >= 11 is 0. The first-order valence-electron chi connectivity index (χ1n) is 9.94. The number of aliphatic hydroxyl groups is 2. The fourth-order valence-corrected chi connectivity index (χ4v) is 5.35. The lowest BCUT2D eigenvalue weighted by Crippen LogP contribution is -2.45. The highest BCUT2D eigenvalue weighted by Gasteiger charge is 2.53. The smallest absolute Gasteiger partial charge is 0.261 e. The van der Waals surface area contributed by atoms with Gasteiger partial charge in [-0.1, -0.05) is 44.6 Å². The molecule has 1 aliphatic heterocycles. The number of Topliss-reactive ketones (excluding diaryl/α,β-unsaturated/α-hetero) is 1. The van der Waals surface area contributed by atoms with Crippen LogP contribution in [0.15, 0.2) is 35.6 Å². The van der Waals surface area contributed by atoms with E-state index in [1.54, 1.807) is 0 Å². The zero-order valence-electron chi connectivity index (χ0n) is 16.7. The van der Waals surface area contributed by atoms with E-state index in [1.165, 1.54) is 11.9 Å². The number of likely N-dealkylation sites (tertiary alicyclic amines) is 1. The maximum atomic E-state index is 12.8.